The fourth-order valence-corrected chi connectivity index (χ4v) is 4.22. The summed E-state index contributed by atoms with van der Waals surface area (Å²) in [5.41, 5.74) is 0. The van der Waals surface area contributed by atoms with Gasteiger partial charge >= 0.3 is 0 Å². The maximum absolute atomic E-state index is 7.38. The molecule has 1 nitrogen and oxygen atoms in total. The molecule has 1 saturated carbocycles. The van der Waals surface area contributed by atoms with Gasteiger partial charge in [-0.2, -0.15) is 0 Å². The Kier molecular flexibility index (Phi) is 6.80. The second kappa shape index (κ2) is 7.31. The highest BCUT2D eigenvalue weighted by molar-refractivity contribution is 6.24. The zero-order chi connectivity index (χ0) is 12.1. The average Bonchev–Trinajstić information content (AvgIpc) is 2.24. The number of hydrogen-bond donors (Lipinski definition) is 1. The van der Waals surface area contributed by atoms with Crippen molar-refractivity contribution in [3.63, 3.8) is 0 Å². The smallest absolute Gasteiger partial charge is 0.0352 e. The molecule has 0 aliphatic heterocycles. The summed E-state index contributed by atoms with van der Waals surface area (Å²) in [6.07, 6.45) is 4.14. The van der Waals surface area contributed by atoms with E-state index in [1.807, 2.05) is 0 Å². The van der Waals surface area contributed by atoms with Crippen molar-refractivity contribution in [1.29, 1.82) is 5.41 Å². The number of nitrogens with one attached hydrogen (secondary N) is 1. The first-order chi connectivity index (χ1) is 7.62. The summed E-state index contributed by atoms with van der Waals surface area (Å²) in [7, 11) is 0. The van der Waals surface area contributed by atoms with Crippen LogP contribution in [-0.2, 0) is 0 Å². The van der Waals surface area contributed by atoms with Crippen LogP contribution >= 0.6 is 46.4 Å². The largest absolute Gasteiger partial charge is 0.313 e. The van der Waals surface area contributed by atoms with E-state index in [4.69, 9.17) is 51.8 Å². The SMILES string of the molecule is N=C[C@H](CCl)[C@H](CCl)C1CC(Cl)C[C@H](Cl)C1. The summed E-state index contributed by atoms with van der Waals surface area (Å²) >= 11 is 24.2. The monoisotopic (exact) mass is 303 g/mol. The Morgan fingerprint density at radius 2 is 1.62 bits per heavy atom. The van der Waals surface area contributed by atoms with E-state index in [-0.39, 0.29) is 22.6 Å². The molecular weight excluding hydrogens is 288 g/mol. The van der Waals surface area contributed by atoms with E-state index in [2.05, 4.69) is 0 Å². The maximum Gasteiger partial charge on any atom is 0.0352 e. The Bertz CT molecular complexity index is 214. The molecule has 0 aromatic carbocycles. The predicted octanol–water partition coefficient (Wildman–Crippen LogP) is 4.36. The molecule has 16 heavy (non-hydrogen) atoms. The minimum Gasteiger partial charge on any atom is -0.313 e. The Labute approximate surface area is 117 Å². The molecule has 1 aliphatic carbocycles. The zero-order valence-corrected chi connectivity index (χ0v) is 12.0. The van der Waals surface area contributed by atoms with E-state index in [1.165, 1.54) is 6.21 Å². The molecule has 1 aliphatic rings. The van der Waals surface area contributed by atoms with E-state index in [1.54, 1.807) is 0 Å². The van der Waals surface area contributed by atoms with Gasteiger partial charge < -0.3 is 5.41 Å². The zero-order valence-electron chi connectivity index (χ0n) is 9.01. The summed E-state index contributed by atoms with van der Waals surface area (Å²) in [6, 6.07) is 0. The van der Waals surface area contributed by atoms with Crippen LogP contribution in [0.1, 0.15) is 19.3 Å². The van der Waals surface area contributed by atoms with Gasteiger partial charge in [0, 0.05) is 28.4 Å². The van der Waals surface area contributed by atoms with Crippen LogP contribution in [0.15, 0.2) is 0 Å². The average molecular weight is 305 g/mol. The number of rotatable bonds is 5. The molecule has 0 radical (unpaired) electrons. The van der Waals surface area contributed by atoms with Crippen LogP contribution in [0.3, 0.4) is 0 Å². The Hall–Kier alpha value is 0.830. The molecule has 2 unspecified atom stereocenters. The van der Waals surface area contributed by atoms with Crippen LogP contribution in [-0.4, -0.2) is 28.7 Å². The third-order valence-corrected chi connectivity index (χ3v) is 4.78. The molecule has 0 bridgehead atoms. The van der Waals surface area contributed by atoms with E-state index in [9.17, 15) is 0 Å². The minimum absolute atomic E-state index is 0.0370. The molecule has 94 valence electrons. The second-order valence-electron chi connectivity index (χ2n) is 4.46. The maximum atomic E-state index is 7.38. The van der Waals surface area contributed by atoms with Crippen LogP contribution in [0, 0.1) is 23.2 Å². The van der Waals surface area contributed by atoms with Crippen molar-refractivity contribution >= 4 is 52.6 Å². The van der Waals surface area contributed by atoms with Gasteiger partial charge in [-0.15, -0.1) is 46.4 Å². The van der Waals surface area contributed by atoms with Crippen molar-refractivity contribution in [3.05, 3.63) is 0 Å². The number of alkyl halides is 4. The Morgan fingerprint density at radius 1 is 1.06 bits per heavy atom. The van der Waals surface area contributed by atoms with Crippen molar-refractivity contribution in [2.24, 2.45) is 17.8 Å². The first-order valence-corrected chi connectivity index (χ1v) is 7.47. The van der Waals surface area contributed by atoms with Crippen LogP contribution in [0.4, 0.5) is 0 Å². The van der Waals surface area contributed by atoms with Gasteiger partial charge in [0.1, 0.15) is 0 Å². The van der Waals surface area contributed by atoms with Gasteiger partial charge in [0.2, 0.25) is 0 Å². The molecule has 0 heterocycles. The third kappa shape index (κ3) is 3.94. The molecule has 0 saturated heterocycles. The normalized spacial score (nSPS) is 34.4. The molecule has 1 N–H and O–H groups in total. The number of hydrogen-bond acceptors (Lipinski definition) is 1. The Balaban J connectivity index is 2.67. The lowest BCUT2D eigenvalue weighted by Gasteiger charge is -2.36. The van der Waals surface area contributed by atoms with Crippen molar-refractivity contribution in [3.8, 4) is 0 Å². The highest BCUT2D eigenvalue weighted by atomic mass is 35.5. The quantitative estimate of drug-likeness (QED) is 0.576. The summed E-state index contributed by atoms with van der Waals surface area (Å²) in [6.45, 7) is 0. The molecular formula is C11H17Cl4N. The van der Waals surface area contributed by atoms with E-state index >= 15 is 0 Å². The summed E-state index contributed by atoms with van der Waals surface area (Å²) in [5, 5.41) is 7.64. The van der Waals surface area contributed by atoms with E-state index in [0.29, 0.717) is 17.7 Å². The first-order valence-electron chi connectivity index (χ1n) is 5.53. The van der Waals surface area contributed by atoms with Crippen molar-refractivity contribution in [1.82, 2.24) is 0 Å². The molecule has 0 amide bonds. The lowest BCUT2D eigenvalue weighted by molar-refractivity contribution is 0.246. The van der Waals surface area contributed by atoms with Crippen molar-refractivity contribution in [2.45, 2.75) is 30.0 Å². The highest BCUT2D eigenvalue weighted by Gasteiger charge is 2.34. The van der Waals surface area contributed by atoms with Gasteiger partial charge in [-0.25, -0.2) is 0 Å². The first kappa shape index (κ1) is 14.9. The van der Waals surface area contributed by atoms with Crippen LogP contribution in [0.25, 0.3) is 0 Å². The van der Waals surface area contributed by atoms with Crippen molar-refractivity contribution in [2.75, 3.05) is 11.8 Å². The molecule has 0 aromatic rings. The van der Waals surface area contributed by atoms with Gasteiger partial charge in [-0.05, 0) is 37.3 Å². The highest BCUT2D eigenvalue weighted by Crippen LogP contribution is 2.38. The lowest BCUT2D eigenvalue weighted by atomic mass is 9.75. The topological polar surface area (TPSA) is 23.9 Å². The van der Waals surface area contributed by atoms with Gasteiger partial charge in [-0.1, -0.05) is 0 Å². The second-order valence-corrected chi connectivity index (χ2v) is 6.32. The molecule has 0 spiro atoms. The predicted molar refractivity (Wildman–Crippen MR) is 73.8 cm³/mol. The third-order valence-electron chi connectivity index (χ3n) is 3.35. The molecule has 1 rings (SSSR count). The van der Waals surface area contributed by atoms with E-state index in [0.717, 1.165) is 19.3 Å². The number of halogens is 4. The van der Waals surface area contributed by atoms with Gasteiger partial charge in [0.25, 0.3) is 0 Å². The fourth-order valence-electron chi connectivity index (χ4n) is 2.45. The molecule has 5 heteroatoms. The molecule has 1 fully saturated rings. The summed E-state index contributed by atoms with van der Waals surface area (Å²) in [4.78, 5) is 0. The van der Waals surface area contributed by atoms with Crippen LogP contribution in [0.5, 0.6) is 0 Å². The Morgan fingerprint density at radius 3 is 2.00 bits per heavy atom. The minimum atomic E-state index is 0.0370. The van der Waals surface area contributed by atoms with Gasteiger partial charge in [-0.3, -0.25) is 0 Å². The van der Waals surface area contributed by atoms with Crippen molar-refractivity contribution < 1.29 is 0 Å². The lowest BCUT2D eigenvalue weighted by Crippen LogP contribution is -2.34. The van der Waals surface area contributed by atoms with Gasteiger partial charge in [0.15, 0.2) is 0 Å². The van der Waals surface area contributed by atoms with E-state index < -0.39 is 0 Å². The summed E-state index contributed by atoms with van der Waals surface area (Å²) < 4.78 is 0. The van der Waals surface area contributed by atoms with Gasteiger partial charge in [0.05, 0.1) is 0 Å². The van der Waals surface area contributed by atoms with Crippen LogP contribution in [0.2, 0.25) is 0 Å². The molecule has 0 aromatic heterocycles. The standard InChI is InChI=1S/C11H17Cl4N/c12-4-8(6-16)11(5-13)7-1-9(14)3-10(15)2-7/h6-11,16H,1-5H2/t7?,8-,9+,10?,11+/m0/s1. The van der Waals surface area contributed by atoms with Crippen LogP contribution < -0.4 is 0 Å². The summed E-state index contributed by atoms with van der Waals surface area (Å²) in [5.74, 6) is 1.61. The molecule has 5 atom stereocenters. The fraction of sp³-hybridized carbons (Fsp3) is 0.909.